The summed E-state index contributed by atoms with van der Waals surface area (Å²) in [5.41, 5.74) is 0.112. The van der Waals surface area contributed by atoms with Gasteiger partial charge in [-0.1, -0.05) is 29.3 Å². The van der Waals surface area contributed by atoms with Crippen LogP contribution in [0.15, 0.2) is 47.4 Å². The number of halogens is 2. The Morgan fingerprint density at radius 3 is 2.28 bits per heavy atom. The van der Waals surface area contributed by atoms with E-state index in [4.69, 9.17) is 32.7 Å². The molecule has 0 bridgehead atoms. The van der Waals surface area contributed by atoms with Gasteiger partial charge in [-0.15, -0.1) is 0 Å². The molecule has 1 atom stereocenters. The molecule has 10 heteroatoms. The molecule has 1 N–H and O–H groups in total. The van der Waals surface area contributed by atoms with Crippen molar-refractivity contribution in [1.82, 2.24) is 4.90 Å². The van der Waals surface area contributed by atoms with Gasteiger partial charge in [-0.25, -0.2) is 8.42 Å². The second-order valence-corrected chi connectivity index (χ2v) is 8.87. The van der Waals surface area contributed by atoms with Crippen LogP contribution in [-0.2, 0) is 19.6 Å². The van der Waals surface area contributed by atoms with Crippen molar-refractivity contribution in [2.75, 3.05) is 31.0 Å². The van der Waals surface area contributed by atoms with Crippen LogP contribution >= 0.6 is 23.2 Å². The van der Waals surface area contributed by atoms with Crippen LogP contribution in [0.4, 0.5) is 5.69 Å². The summed E-state index contributed by atoms with van der Waals surface area (Å²) in [6.45, 7) is 3.73. The van der Waals surface area contributed by atoms with Crippen molar-refractivity contribution < 1.29 is 22.7 Å². The molecule has 0 radical (unpaired) electrons. The first-order valence-corrected chi connectivity index (χ1v) is 11.1. The van der Waals surface area contributed by atoms with Gasteiger partial charge in [0.1, 0.15) is 5.75 Å². The normalized spacial score (nSPS) is 15.6. The summed E-state index contributed by atoms with van der Waals surface area (Å²) in [6.07, 6.45) is -0.699. The number of carbonyl (C=O) groups excluding carboxylic acids is 1. The summed E-state index contributed by atoms with van der Waals surface area (Å²) >= 11 is 12.0. The molecular formula is C19H20Cl2N2O5S. The molecule has 1 amide bonds. The second-order valence-electron chi connectivity index (χ2n) is 6.37. The molecular weight excluding hydrogens is 439 g/mol. The Hall–Kier alpha value is -2.00. The quantitative estimate of drug-likeness (QED) is 0.716. The standard InChI is InChI=1S/C19H20Cl2N2O5S/c1-13(19(24)23-9-11-27-12-10-23)28-14-5-7-15(8-6-14)29(25,26)22-18-16(20)3-2-4-17(18)21/h2-8,13,22H,9-12H2,1H3/t13-/m1/s1. The van der Waals surface area contributed by atoms with Crippen LogP contribution in [0.5, 0.6) is 5.75 Å². The smallest absolute Gasteiger partial charge is 0.263 e. The van der Waals surface area contributed by atoms with Gasteiger partial charge in [0.2, 0.25) is 0 Å². The van der Waals surface area contributed by atoms with E-state index >= 15 is 0 Å². The van der Waals surface area contributed by atoms with E-state index in [1.807, 2.05) is 0 Å². The third-order valence-corrected chi connectivity index (χ3v) is 6.31. The van der Waals surface area contributed by atoms with Crippen molar-refractivity contribution >= 4 is 44.8 Å². The van der Waals surface area contributed by atoms with Crippen LogP contribution in [-0.4, -0.2) is 51.6 Å². The predicted octanol–water partition coefficient (Wildman–Crippen LogP) is 3.42. The number of amides is 1. The first kappa shape index (κ1) is 21.7. The largest absolute Gasteiger partial charge is 0.481 e. The number of nitrogens with one attached hydrogen (secondary N) is 1. The number of hydrogen-bond donors (Lipinski definition) is 1. The number of para-hydroxylation sites is 1. The van der Waals surface area contributed by atoms with E-state index in [2.05, 4.69) is 4.72 Å². The Kier molecular flexibility index (Phi) is 6.89. The molecule has 0 aromatic heterocycles. The molecule has 0 aliphatic carbocycles. The number of sulfonamides is 1. The summed E-state index contributed by atoms with van der Waals surface area (Å²) in [5.74, 6) is 0.244. The molecule has 2 aromatic carbocycles. The van der Waals surface area contributed by atoms with E-state index in [1.165, 1.54) is 36.4 Å². The van der Waals surface area contributed by atoms with Gasteiger partial charge in [-0.05, 0) is 43.3 Å². The Bertz CT molecular complexity index is 956. The number of rotatable bonds is 6. The number of ether oxygens (including phenoxy) is 2. The highest BCUT2D eigenvalue weighted by Crippen LogP contribution is 2.32. The summed E-state index contributed by atoms with van der Waals surface area (Å²) in [6, 6.07) is 10.4. The van der Waals surface area contributed by atoms with E-state index < -0.39 is 16.1 Å². The van der Waals surface area contributed by atoms with E-state index in [-0.39, 0.29) is 26.5 Å². The number of nitrogens with zero attached hydrogens (tertiary/aromatic N) is 1. The SMILES string of the molecule is C[C@@H](Oc1ccc(S(=O)(=O)Nc2c(Cl)cccc2Cl)cc1)C(=O)N1CCOCC1. The van der Waals surface area contributed by atoms with Gasteiger partial charge in [-0.2, -0.15) is 0 Å². The number of morpholine rings is 1. The maximum atomic E-state index is 12.6. The van der Waals surface area contributed by atoms with Gasteiger partial charge >= 0.3 is 0 Å². The lowest BCUT2D eigenvalue weighted by atomic mass is 10.3. The highest BCUT2D eigenvalue weighted by Gasteiger charge is 2.24. The lowest BCUT2D eigenvalue weighted by Gasteiger charge is -2.29. The van der Waals surface area contributed by atoms with Crippen LogP contribution in [0.3, 0.4) is 0 Å². The lowest BCUT2D eigenvalue weighted by Crippen LogP contribution is -2.46. The fraction of sp³-hybridized carbons (Fsp3) is 0.316. The van der Waals surface area contributed by atoms with Gasteiger partial charge in [-0.3, -0.25) is 9.52 Å². The van der Waals surface area contributed by atoms with Crippen molar-refractivity contribution in [3.8, 4) is 5.75 Å². The molecule has 0 unspecified atom stereocenters. The van der Waals surface area contributed by atoms with Gasteiger partial charge in [0.15, 0.2) is 6.10 Å². The first-order valence-electron chi connectivity index (χ1n) is 8.88. The molecule has 3 rings (SSSR count). The highest BCUT2D eigenvalue weighted by atomic mass is 35.5. The Morgan fingerprint density at radius 1 is 1.10 bits per heavy atom. The fourth-order valence-electron chi connectivity index (χ4n) is 2.78. The molecule has 1 aliphatic heterocycles. The molecule has 1 aliphatic rings. The minimum absolute atomic E-state index is 0.00740. The Labute approximate surface area is 179 Å². The van der Waals surface area contributed by atoms with Crippen LogP contribution < -0.4 is 9.46 Å². The highest BCUT2D eigenvalue weighted by molar-refractivity contribution is 7.92. The molecule has 0 spiro atoms. The molecule has 0 saturated carbocycles. The van der Waals surface area contributed by atoms with Crippen LogP contribution in [0.25, 0.3) is 0 Å². The zero-order valence-electron chi connectivity index (χ0n) is 15.6. The number of hydrogen-bond acceptors (Lipinski definition) is 5. The van der Waals surface area contributed by atoms with Gasteiger partial charge < -0.3 is 14.4 Å². The van der Waals surface area contributed by atoms with E-state index in [0.717, 1.165) is 0 Å². The Balaban J connectivity index is 1.68. The summed E-state index contributed by atoms with van der Waals surface area (Å²) in [7, 11) is -3.90. The van der Waals surface area contributed by atoms with Crippen LogP contribution in [0.2, 0.25) is 10.0 Å². The fourth-order valence-corrected chi connectivity index (χ4v) is 4.49. The van der Waals surface area contributed by atoms with Crippen molar-refractivity contribution in [2.45, 2.75) is 17.9 Å². The van der Waals surface area contributed by atoms with Crippen molar-refractivity contribution in [3.05, 3.63) is 52.5 Å². The van der Waals surface area contributed by atoms with Gasteiger partial charge in [0.05, 0.1) is 33.8 Å². The minimum Gasteiger partial charge on any atom is -0.481 e. The maximum Gasteiger partial charge on any atom is 0.263 e. The summed E-state index contributed by atoms with van der Waals surface area (Å²) in [5, 5.41) is 0.382. The molecule has 1 fully saturated rings. The zero-order chi connectivity index (χ0) is 21.0. The second kappa shape index (κ2) is 9.21. The molecule has 2 aromatic rings. The number of carbonyl (C=O) groups is 1. The van der Waals surface area contributed by atoms with Crippen LogP contribution in [0, 0.1) is 0 Å². The number of benzene rings is 2. The maximum absolute atomic E-state index is 12.6. The van der Waals surface area contributed by atoms with E-state index in [0.29, 0.717) is 32.1 Å². The summed E-state index contributed by atoms with van der Waals surface area (Å²) < 4.78 is 38.5. The Morgan fingerprint density at radius 2 is 1.69 bits per heavy atom. The average molecular weight is 459 g/mol. The third-order valence-electron chi connectivity index (χ3n) is 4.32. The third kappa shape index (κ3) is 5.33. The summed E-state index contributed by atoms with van der Waals surface area (Å²) in [4.78, 5) is 14.1. The zero-order valence-corrected chi connectivity index (χ0v) is 17.9. The lowest BCUT2D eigenvalue weighted by molar-refractivity contribution is -0.142. The average Bonchev–Trinajstić information content (AvgIpc) is 2.71. The molecule has 7 nitrogen and oxygen atoms in total. The molecule has 156 valence electrons. The number of anilines is 1. The van der Waals surface area contributed by atoms with Crippen LogP contribution in [0.1, 0.15) is 6.92 Å². The van der Waals surface area contributed by atoms with Gasteiger partial charge in [0, 0.05) is 13.1 Å². The van der Waals surface area contributed by atoms with Crippen molar-refractivity contribution in [3.63, 3.8) is 0 Å². The monoisotopic (exact) mass is 458 g/mol. The first-order chi connectivity index (χ1) is 13.8. The van der Waals surface area contributed by atoms with E-state index in [9.17, 15) is 13.2 Å². The van der Waals surface area contributed by atoms with Crippen molar-refractivity contribution in [1.29, 1.82) is 0 Å². The minimum atomic E-state index is -3.90. The van der Waals surface area contributed by atoms with Crippen molar-refractivity contribution in [2.24, 2.45) is 0 Å². The van der Waals surface area contributed by atoms with E-state index in [1.54, 1.807) is 17.9 Å². The molecule has 29 heavy (non-hydrogen) atoms. The predicted molar refractivity (Wildman–Crippen MR) is 111 cm³/mol. The van der Waals surface area contributed by atoms with Gasteiger partial charge in [0.25, 0.3) is 15.9 Å². The molecule has 1 saturated heterocycles. The molecule has 1 heterocycles. The topological polar surface area (TPSA) is 84.9 Å².